The van der Waals surface area contributed by atoms with Crippen molar-refractivity contribution in [2.24, 2.45) is 0 Å². The summed E-state index contributed by atoms with van der Waals surface area (Å²) in [7, 11) is 0. The highest BCUT2D eigenvalue weighted by molar-refractivity contribution is 7.20. The van der Waals surface area contributed by atoms with Crippen molar-refractivity contribution >= 4 is 56.9 Å². The van der Waals surface area contributed by atoms with Gasteiger partial charge in [0.2, 0.25) is 0 Å². The number of nitrogens with one attached hydrogen (secondary N) is 1. The smallest absolute Gasteiger partial charge is 0.257 e. The van der Waals surface area contributed by atoms with Gasteiger partial charge in [0.1, 0.15) is 5.15 Å². The highest BCUT2D eigenvalue weighted by Crippen LogP contribution is 2.32. The summed E-state index contributed by atoms with van der Waals surface area (Å²) < 4.78 is 0.704. The lowest BCUT2D eigenvalue weighted by atomic mass is 10.2. The first-order valence-corrected chi connectivity index (χ1v) is 8.21. The number of aromatic nitrogens is 2. The highest BCUT2D eigenvalue weighted by atomic mass is 35.5. The van der Waals surface area contributed by atoms with Gasteiger partial charge in [0, 0.05) is 17.1 Å². The van der Waals surface area contributed by atoms with Gasteiger partial charge in [-0.25, -0.2) is 9.97 Å². The van der Waals surface area contributed by atoms with Crippen LogP contribution in [-0.2, 0) is 0 Å². The van der Waals surface area contributed by atoms with Gasteiger partial charge in [-0.1, -0.05) is 23.2 Å². The standard InChI is InChI=1S/C13H7Cl2N3OS2/c14-10-5-7(3-4-16-10)12(19)18-13-17-8(6-20-13)9-1-2-11(15)21-9/h1-6H,(H,17,18,19). The molecule has 3 rings (SSSR count). The van der Waals surface area contributed by atoms with Crippen LogP contribution in [0, 0.1) is 0 Å². The van der Waals surface area contributed by atoms with Crippen LogP contribution in [-0.4, -0.2) is 15.9 Å². The molecule has 0 aliphatic heterocycles. The average molecular weight is 356 g/mol. The molecule has 8 heteroatoms. The molecule has 106 valence electrons. The summed E-state index contributed by atoms with van der Waals surface area (Å²) in [6.45, 7) is 0. The predicted octanol–water partition coefficient (Wildman–Crippen LogP) is 4.83. The van der Waals surface area contributed by atoms with Crippen molar-refractivity contribution in [2.45, 2.75) is 0 Å². The number of hydrogen-bond donors (Lipinski definition) is 1. The second-order valence-electron chi connectivity index (χ2n) is 3.96. The molecule has 0 unspecified atom stereocenters. The van der Waals surface area contributed by atoms with Gasteiger partial charge in [0.05, 0.1) is 14.9 Å². The zero-order valence-electron chi connectivity index (χ0n) is 10.3. The van der Waals surface area contributed by atoms with Crippen molar-refractivity contribution in [3.8, 4) is 10.6 Å². The second-order valence-corrected chi connectivity index (χ2v) is 6.92. The third-order valence-corrected chi connectivity index (χ3v) is 4.76. The molecule has 0 aromatic carbocycles. The van der Waals surface area contributed by atoms with Gasteiger partial charge in [-0.15, -0.1) is 22.7 Å². The normalized spacial score (nSPS) is 10.6. The summed E-state index contributed by atoms with van der Waals surface area (Å²) in [5.41, 5.74) is 1.23. The first-order chi connectivity index (χ1) is 10.1. The summed E-state index contributed by atoms with van der Waals surface area (Å²) in [6.07, 6.45) is 1.48. The number of amides is 1. The number of carbonyl (C=O) groups is 1. The van der Waals surface area contributed by atoms with E-state index in [1.165, 1.54) is 34.9 Å². The van der Waals surface area contributed by atoms with Crippen LogP contribution in [0.5, 0.6) is 0 Å². The van der Waals surface area contributed by atoms with Crippen LogP contribution in [0.3, 0.4) is 0 Å². The minimum absolute atomic E-state index is 0.274. The third kappa shape index (κ3) is 3.41. The number of thiazole rings is 1. The van der Waals surface area contributed by atoms with Crippen molar-refractivity contribution in [1.29, 1.82) is 0 Å². The van der Waals surface area contributed by atoms with E-state index in [2.05, 4.69) is 15.3 Å². The summed E-state index contributed by atoms with van der Waals surface area (Å²) in [4.78, 5) is 21.2. The first-order valence-electron chi connectivity index (χ1n) is 5.76. The van der Waals surface area contributed by atoms with Crippen LogP contribution in [0.15, 0.2) is 35.8 Å². The van der Waals surface area contributed by atoms with Gasteiger partial charge in [0.25, 0.3) is 5.91 Å². The van der Waals surface area contributed by atoms with Gasteiger partial charge in [0.15, 0.2) is 5.13 Å². The minimum atomic E-state index is -0.274. The number of carbonyl (C=O) groups excluding carboxylic acids is 1. The number of pyridine rings is 1. The van der Waals surface area contributed by atoms with Crippen molar-refractivity contribution in [3.63, 3.8) is 0 Å². The molecule has 0 saturated heterocycles. The molecular formula is C13H7Cl2N3OS2. The van der Waals surface area contributed by atoms with Crippen LogP contribution >= 0.6 is 45.9 Å². The molecular weight excluding hydrogens is 349 g/mol. The number of hydrogen-bond acceptors (Lipinski definition) is 5. The molecule has 3 heterocycles. The molecule has 0 saturated carbocycles. The lowest BCUT2D eigenvalue weighted by Gasteiger charge is -2.01. The Balaban J connectivity index is 1.77. The van der Waals surface area contributed by atoms with Gasteiger partial charge in [-0.05, 0) is 24.3 Å². The van der Waals surface area contributed by atoms with Gasteiger partial charge in [-0.2, -0.15) is 0 Å². The van der Waals surface area contributed by atoms with E-state index in [-0.39, 0.29) is 11.1 Å². The monoisotopic (exact) mass is 355 g/mol. The largest absolute Gasteiger partial charge is 0.298 e. The number of thiophene rings is 1. The van der Waals surface area contributed by atoms with Crippen molar-refractivity contribution < 1.29 is 4.79 Å². The average Bonchev–Trinajstić information content (AvgIpc) is 3.07. The molecule has 0 aliphatic carbocycles. The zero-order chi connectivity index (χ0) is 14.8. The first kappa shape index (κ1) is 14.5. The van der Waals surface area contributed by atoms with Crippen molar-refractivity contribution in [1.82, 2.24) is 9.97 Å². The third-order valence-electron chi connectivity index (χ3n) is 2.54. The van der Waals surface area contributed by atoms with E-state index in [9.17, 15) is 4.79 Å². The molecule has 1 amide bonds. The summed E-state index contributed by atoms with van der Waals surface area (Å²) >= 11 is 14.5. The Labute approximate surface area is 138 Å². The van der Waals surface area contributed by atoms with E-state index in [0.717, 1.165) is 10.6 Å². The Morgan fingerprint density at radius 2 is 2.10 bits per heavy atom. The maximum Gasteiger partial charge on any atom is 0.257 e. The molecule has 0 atom stereocenters. The molecule has 0 spiro atoms. The van der Waals surface area contributed by atoms with Gasteiger partial charge < -0.3 is 0 Å². The Morgan fingerprint density at radius 3 is 2.81 bits per heavy atom. The second kappa shape index (κ2) is 6.11. The lowest BCUT2D eigenvalue weighted by Crippen LogP contribution is -2.11. The maximum atomic E-state index is 12.1. The topological polar surface area (TPSA) is 54.9 Å². The van der Waals surface area contributed by atoms with Crippen LogP contribution in [0.1, 0.15) is 10.4 Å². The fourth-order valence-corrected chi connectivity index (χ4v) is 3.57. The van der Waals surface area contributed by atoms with E-state index in [4.69, 9.17) is 23.2 Å². The fraction of sp³-hybridized carbons (Fsp3) is 0. The molecule has 4 nitrogen and oxygen atoms in total. The summed E-state index contributed by atoms with van der Waals surface area (Å²) in [6, 6.07) is 6.81. The Kier molecular flexibility index (Phi) is 4.21. The van der Waals surface area contributed by atoms with Crippen LogP contribution < -0.4 is 5.32 Å². The van der Waals surface area contributed by atoms with Gasteiger partial charge in [-0.3, -0.25) is 10.1 Å². The van der Waals surface area contributed by atoms with E-state index >= 15 is 0 Å². The molecule has 0 radical (unpaired) electrons. The zero-order valence-corrected chi connectivity index (χ0v) is 13.5. The number of anilines is 1. The lowest BCUT2D eigenvalue weighted by molar-refractivity contribution is 0.102. The number of rotatable bonds is 3. The molecule has 21 heavy (non-hydrogen) atoms. The molecule has 1 N–H and O–H groups in total. The van der Waals surface area contributed by atoms with E-state index in [0.29, 0.717) is 15.0 Å². The molecule has 0 aliphatic rings. The molecule has 0 bridgehead atoms. The van der Waals surface area contributed by atoms with Crippen molar-refractivity contribution in [3.05, 3.63) is 50.9 Å². The van der Waals surface area contributed by atoms with Crippen LogP contribution in [0.25, 0.3) is 10.6 Å². The van der Waals surface area contributed by atoms with Gasteiger partial charge >= 0.3 is 0 Å². The van der Waals surface area contributed by atoms with Crippen molar-refractivity contribution in [2.75, 3.05) is 5.32 Å². The number of halogens is 2. The fourth-order valence-electron chi connectivity index (χ4n) is 1.61. The van der Waals surface area contributed by atoms with Crippen LogP contribution in [0.4, 0.5) is 5.13 Å². The van der Waals surface area contributed by atoms with E-state index < -0.39 is 0 Å². The SMILES string of the molecule is O=C(Nc1nc(-c2ccc(Cl)s2)cs1)c1ccnc(Cl)c1. The minimum Gasteiger partial charge on any atom is -0.298 e. The number of nitrogens with zero attached hydrogens (tertiary/aromatic N) is 2. The Hall–Kier alpha value is -1.47. The van der Waals surface area contributed by atoms with E-state index in [1.54, 1.807) is 6.07 Å². The highest BCUT2D eigenvalue weighted by Gasteiger charge is 2.11. The molecule has 0 fully saturated rings. The summed E-state index contributed by atoms with van der Waals surface area (Å²) in [5.74, 6) is -0.274. The predicted molar refractivity (Wildman–Crippen MR) is 87.6 cm³/mol. The molecule has 3 aromatic heterocycles. The van der Waals surface area contributed by atoms with Crippen LogP contribution in [0.2, 0.25) is 9.49 Å². The maximum absolute atomic E-state index is 12.1. The summed E-state index contributed by atoms with van der Waals surface area (Å²) in [5, 5.41) is 5.40. The molecule has 3 aromatic rings. The van der Waals surface area contributed by atoms with E-state index in [1.807, 2.05) is 17.5 Å². The Bertz CT molecular complexity index is 800. The Morgan fingerprint density at radius 1 is 1.24 bits per heavy atom. The quantitative estimate of drug-likeness (QED) is 0.684.